The molecule has 1 aromatic carbocycles. The molecular formula is C17H20N2O3. The van der Waals surface area contributed by atoms with Crippen LogP contribution < -0.4 is 5.32 Å². The van der Waals surface area contributed by atoms with Gasteiger partial charge in [-0.05, 0) is 57.5 Å². The minimum absolute atomic E-state index is 0.185. The summed E-state index contributed by atoms with van der Waals surface area (Å²) in [6.07, 6.45) is 0. The summed E-state index contributed by atoms with van der Waals surface area (Å²) in [5.74, 6) is -1.16. The Labute approximate surface area is 129 Å². The third-order valence-electron chi connectivity index (χ3n) is 3.85. The highest BCUT2D eigenvalue weighted by Gasteiger charge is 2.15. The summed E-state index contributed by atoms with van der Waals surface area (Å²) in [5, 5.41) is 11.8. The van der Waals surface area contributed by atoms with Crippen molar-refractivity contribution in [3.05, 3.63) is 52.3 Å². The van der Waals surface area contributed by atoms with Gasteiger partial charge >= 0.3 is 5.97 Å². The van der Waals surface area contributed by atoms with Crippen molar-refractivity contribution in [2.45, 2.75) is 34.2 Å². The maximum Gasteiger partial charge on any atom is 0.335 e. The number of aromatic nitrogens is 1. The normalized spacial score (nSPS) is 10.5. The van der Waals surface area contributed by atoms with Gasteiger partial charge in [-0.2, -0.15) is 0 Å². The molecule has 0 saturated heterocycles. The van der Waals surface area contributed by atoms with Crippen molar-refractivity contribution in [2.24, 2.45) is 0 Å². The zero-order valence-corrected chi connectivity index (χ0v) is 13.2. The molecule has 2 aromatic rings. The first-order valence-corrected chi connectivity index (χ1v) is 7.17. The van der Waals surface area contributed by atoms with E-state index in [9.17, 15) is 9.59 Å². The van der Waals surface area contributed by atoms with Crippen LogP contribution in [0, 0.1) is 20.8 Å². The van der Waals surface area contributed by atoms with E-state index in [0.29, 0.717) is 16.8 Å². The van der Waals surface area contributed by atoms with E-state index < -0.39 is 5.97 Å². The summed E-state index contributed by atoms with van der Waals surface area (Å²) in [5.41, 5.74) is 4.05. The molecule has 1 amide bonds. The second-order valence-electron chi connectivity index (χ2n) is 5.32. The fourth-order valence-electron chi connectivity index (χ4n) is 2.70. The molecule has 0 fully saturated rings. The number of amides is 1. The lowest BCUT2D eigenvalue weighted by atomic mass is 10.1. The molecule has 22 heavy (non-hydrogen) atoms. The number of carbonyl (C=O) groups is 2. The van der Waals surface area contributed by atoms with Gasteiger partial charge in [0.25, 0.3) is 5.91 Å². The van der Waals surface area contributed by atoms with Gasteiger partial charge in [-0.3, -0.25) is 4.79 Å². The van der Waals surface area contributed by atoms with E-state index in [0.717, 1.165) is 17.9 Å². The van der Waals surface area contributed by atoms with E-state index in [1.807, 2.05) is 26.8 Å². The predicted octanol–water partition coefficient (Wildman–Crippen LogP) is 3.38. The molecule has 1 heterocycles. The monoisotopic (exact) mass is 300 g/mol. The molecule has 0 saturated carbocycles. The van der Waals surface area contributed by atoms with Crippen LogP contribution in [0.5, 0.6) is 0 Å². The van der Waals surface area contributed by atoms with Crippen molar-refractivity contribution in [1.82, 2.24) is 4.57 Å². The maximum absolute atomic E-state index is 12.4. The van der Waals surface area contributed by atoms with Gasteiger partial charge in [-0.15, -0.1) is 0 Å². The SMILES string of the molecule is CCn1c(C)cc(C(=O)Nc2ccc(C(=O)O)c(C)c2)c1C. The molecule has 5 heteroatoms. The van der Waals surface area contributed by atoms with Crippen LogP contribution in [0.25, 0.3) is 0 Å². The molecule has 0 aliphatic carbocycles. The molecule has 1 aromatic heterocycles. The molecule has 0 atom stereocenters. The van der Waals surface area contributed by atoms with Crippen molar-refractivity contribution in [3.8, 4) is 0 Å². The first-order valence-electron chi connectivity index (χ1n) is 7.17. The maximum atomic E-state index is 12.4. The Bertz CT molecular complexity index is 745. The summed E-state index contributed by atoms with van der Waals surface area (Å²) in [7, 11) is 0. The zero-order valence-electron chi connectivity index (χ0n) is 13.2. The van der Waals surface area contributed by atoms with Crippen LogP contribution in [0.2, 0.25) is 0 Å². The van der Waals surface area contributed by atoms with E-state index in [1.54, 1.807) is 19.1 Å². The Balaban J connectivity index is 2.26. The number of rotatable bonds is 4. The van der Waals surface area contributed by atoms with Gasteiger partial charge in [0.05, 0.1) is 11.1 Å². The number of carboxylic acid groups (broad SMARTS) is 1. The fraction of sp³-hybridized carbons (Fsp3) is 0.294. The van der Waals surface area contributed by atoms with Crippen LogP contribution in [0.1, 0.15) is 44.6 Å². The molecule has 2 rings (SSSR count). The predicted molar refractivity (Wildman–Crippen MR) is 85.7 cm³/mol. The molecule has 0 aliphatic heterocycles. The Morgan fingerprint density at radius 1 is 1.14 bits per heavy atom. The van der Waals surface area contributed by atoms with Crippen molar-refractivity contribution in [1.29, 1.82) is 0 Å². The molecule has 0 bridgehead atoms. The summed E-state index contributed by atoms with van der Waals surface area (Å²) in [6.45, 7) is 8.46. The summed E-state index contributed by atoms with van der Waals surface area (Å²) in [6, 6.07) is 6.64. The number of nitrogens with zero attached hydrogens (tertiary/aromatic N) is 1. The van der Waals surface area contributed by atoms with Crippen LogP contribution in [-0.4, -0.2) is 21.6 Å². The number of aromatic carboxylic acids is 1. The smallest absolute Gasteiger partial charge is 0.335 e. The molecule has 0 unspecified atom stereocenters. The molecular weight excluding hydrogens is 280 g/mol. The number of carboxylic acids is 1. The average molecular weight is 300 g/mol. The van der Waals surface area contributed by atoms with Crippen molar-refractivity contribution >= 4 is 17.6 Å². The Kier molecular flexibility index (Phi) is 4.35. The quantitative estimate of drug-likeness (QED) is 0.909. The number of carbonyl (C=O) groups excluding carboxylic acids is 1. The van der Waals surface area contributed by atoms with Gasteiger partial charge in [0.2, 0.25) is 0 Å². The first-order chi connectivity index (χ1) is 10.3. The number of hydrogen-bond acceptors (Lipinski definition) is 2. The van der Waals surface area contributed by atoms with E-state index in [2.05, 4.69) is 9.88 Å². The van der Waals surface area contributed by atoms with Crippen molar-refractivity contribution in [3.63, 3.8) is 0 Å². The Hall–Kier alpha value is -2.56. The summed E-state index contributed by atoms with van der Waals surface area (Å²) < 4.78 is 2.08. The van der Waals surface area contributed by atoms with Gasteiger partial charge in [0, 0.05) is 23.6 Å². The molecule has 0 radical (unpaired) electrons. The lowest BCUT2D eigenvalue weighted by Crippen LogP contribution is -2.13. The third-order valence-corrected chi connectivity index (χ3v) is 3.85. The minimum atomic E-state index is -0.970. The fourth-order valence-corrected chi connectivity index (χ4v) is 2.70. The Morgan fingerprint density at radius 3 is 2.32 bits per heavy atom. The van der Waals surface area contributed by atoms with Gasteiger partial charge in [-0.1, -0.05) is 0 Å². The molecule has 5 nitrogen and oxygen atoms in total. The van der Waals surface area contributed by atoms with Crippen LogP contribution in [0.3, 0.4) is 0 Å². The highest BCUT2D eigenvalue weighted by atomic mass is 16.4. The Morgan fingerprint density at radius 2 is 1.82 bits per heavy atom. The van der Waals surface area contributed by atoms with Crippen LogP contribution in [-0.2, 0) is 6.54 Å². The van der Waals surface area contributed by atoms with Crippen LogP contribution >= 0.6 is 0 Å². The topological polar surface area (TPSA) is 71.3 Å². The molecule has 0 spiro atoms. The lowest BCUT2D eigenvalue weighted by molar-refractivity contribution is 0.0696. The zero-order chi connectivity index (χ0) is 16.4. The van der Waals surface area contributed by atoms with Crippen molar-refractivity contribution in [2.75, 3.05) is 5.32 Å². The van der Waals surface area contributed by atoms with Gasteiger partial charge in [0.15, 0.2) is 0 Å². The third kappa shape index (κ3) is 2.88. The highest BCUT2D eigenvalue weighted by molar-refractivity contribution is 6.05. The number of benzene rings is 1. The van der Waals surface area contributed by atoms with E-state index in [1.165, 1.54) is 6.07 Å². The van der Waals surface area contributed by atoms with Crippen molar-refractivity contribution < 1.29 is 14.7 Å². The largest absolute Gasteiger partial charge is 0.478 e. The first kappa shape index (κ1) is 15.8. The molecule has 0 aliphatic rings. The number of anilines is 1. The minimum Gasteiger partial charge on any atom is -0.478 e. The number of hydrogen-bond donors (Lipinski definition) is 2. The molecule has 2 N–H and O–H groups in total. The second-order valence-corrected chi connectivity index (χ2v) is 5.32. The summed E-state index contributed by atoms with van der Waals surface area (Å²) >= 11 is 0. The van der Waals surface area contributed by atoms with Gasteiger partial charge in [-0.25, -0.2) is 4.79 Å². The average Bonchev–Trinajstić information content (AvgIpc) is 2.73. The van der Waals surface area contributed by atoms with E-state index in [4.69, 9.17) is 5.11 Å². The number of aryl methyl sites for hydroxylation is 2. The van der Waals surface area contributed by atoms with Crippen LogP contribution in [0.15, 0.2) is 24.3 Å². The van der Waals surface area contributed by atoms with E-state index >= 15 is 0 Å². The summed E-state index contributed by atoms with van der Waals surface area (Å²) in [4.78, 5) is 23.4. The van der Waals surface area contributed by atoms with Gasteiger partial charge in [0.1, 0.15) is 0 Å². The highest BCUT2D eigenvalue weighted by Crippen LogP contribution is 2.19. The standard InChI is InChI=1S/C17H20N2O3/c1-5-19-11(3)9-15(12(19)4)16(20)18-13-6-7-14(17(21)22)10(2)8-13/h6-9H,5H2,1-4H3,(H,18,20)(H,21,22). The van der Waals surface area contributed by atoms with Crippen LogP contribution in [0.4, 0.5) is 5.69 Å². The lowest BCUT2D eigenvalue weighted by Gasteiger charge is -2.09. The van der Waals surface area contributed by atoms with Gasteiger partial charge < -0.3 is 15.0 Å². The second kappa shape index (κ2) is 6.05. The number of nitrogens with one attached hydrogen (secondary N) is 1. The van der Waals surface area contributed by atoms with E-state index in [-0.39, 0.29) is 11.5 Å². The molecule has 116 valence electrons.